The van der Waals surface area contributed by atoms with E-state index < -0.39 is 10.0 Å². The summed E-state index contributed by atoms with van der Waals surface area (Å²) in [5.41, 5.74) is 4.24. The quantitative estimate of drug-likeness (QED) is 0.801. The Morgan fingerprint density at radius 3 is 2.10 bits per heavy atom. The van der Waals surface area contributed by atoms with Crippen LogP contribution < -0.4 is 0 Å². The lowest BCUT2D eigenvalue weighted by atomic mass is 9.85. The van der Waals surface area contributed by atoms with Gasteiger partial charge in [0, 0.05) is 13.1 Å². The molecule has 0 spiro atoms. The third-order valence-corrected chi connectivity index (χ3v) is 6.54. The zero-order valence-corrected chi connectivity index (χ0v) is 13.2. The Kier molecular flexibility index (Phi) is 4.45. The molecule has 4 heteroatoms. The molecular weight excluding hydrogens is 282 g/mol. The Morgan fingerprint density at radius 2 is 1.52 bits per heavy atom. The molecule has 2 aliphatic rings. The van der Waals surface area contributed by atoms with Gasteiger partial charge in [-0.3, -0.25) is 0 Å². The molecule has 0 bridgehead atoms. The van der Waals surface area contributed by atoms with Crippen LogP contribution in [0.3, 0.4) is 0 Å². The molecule has 1 saturated carbocycles. The lowest BCUT2D eigenvalue weighted by molar-refractivity contribution is 0.381. The summed E-state index contributed by atoms with van der Waals surface area (Å²) in [6, 6.07) is 9.85. The molecule has 1 aliphatic heterocycles. The average molecular weight is 305 g/mol. The fourth-order valence-electron chi connectivity index (χ4n) is 3.12. The molecule has 0 atom stereocenters. The van der Waals surface area contributed by atoms with Crippen molar-refractivity contribution in [2.45, 2.75) is 38.5 Å². The minimum Gasteiger partial charge on any atom is -0.212 e. The second-order valence-corrected chi connectivity index (χ2v) is 8.10. The monoisotopic (exact) mass is 305 g/mol. The number of nitrogens with zero attached hydrogens (tertiary/aromatic N) is 1. The zero-order valence-electron chi connectivity index (χ0n) is 12.4. The summed E-state index contributed by atoms with van der Waals surface area (Å²) in [6.07, 6.45) is 6.30. The topological polar surface area (TPSA) is 37.4 Å². The van der Waals surface area contributed by atoms with Crippen molar-refractivity contribution in [3.8, 4) is 0 Å². The predicted octanol–water partition coefficient (Wildman–Crippen LogP) is 3.14. The van der Waals surface area contributed by atoms with Gasteiger partial charge in [-0.1, -0.05) is 41.5 Å². The summed E-state index contributed by atoms with van der Waals surface area (Å²) in [6.45, 7) is 1.35. The van der Waals surface area contributed by atoms with Crippen LogP contribution in [0.1, 0.15) is 37.7 Å². The lowest BCUT2D eigenvalue weighted by Gasteiger charge is -2.31. The first-order valence-corrected chi connectivity index (χ1v) is 9.47. The van der Waals surface area contributed by atoms with Crippen LogP contribution in [0.2, 0.25) is 0 Å². The van der Waals surface area contributed by atoms with Crippen molar-refractivity contribution in [3.05, 3.63) is 47.0 Å². The maximum Gasteiger partial charge on any atom is 0.214 e. The van der Waals surface area contributed by atoms with Gasteiger partial charge in [-0.05, 0) is 44.1 Å². The molecule has 0 amide bonds. The van der Waals surface area contributed by atoms with Crippen LogP contribution in [0.15, 0.2) is 41.5 Å². The van der Waals surface area contributed by atoms with Crippen molar-refractivity contribution in [3.63, 3.8) is 0 Å². The maximum absolute atomic E-state index is 12.4. The Hall–Kier alpha value is -1.13. The summed E-state index contributed by atoms with van der Waals surface area (Å²) in [7, 11) is -3.11. The van der Waals surface area contributed by atoms with E-state index in [0.717, 1.165) is 18.4 Å². The Balaban J connectivity index is 1.56. The number of rotatable bonds is 4. The van der Waals surface area contributed by atoms with Gasteiger partial charge in [-0.25, -0.2) is 12.7 Å². The number of hydrogen-bond acceptors (Lipinski definition) is 2. The second-order valence-electron chi connectivity index (χ2n) is 6.01. The number of piperidine rings is 1. The molecular formula is C17H23NO2S. The van der Waals surface area contributed by atoms with Crippen LogP contribution in [0.5, 0.6) is 0 Å². The fraction of sp³-hybridized carbons (Fsp3) is 0.529. The van der Waals surface area contributed by atoms with Gasteiger partial charge in [-0.15, -0.1) is 0 Å². The van der Waals surface area contributed by atoms with Crippen molar-refractivity contribution < 1.29 is 8.42 Å². The third kappa shape index (κ3) is 3.55. The van der Waals surface area contributed by atoms with E-state index in [1.165, 1.54) is 24.8 Å². The average Bonchev–Trinajstić information content (AvgIpc) is 2.45. The molecule has 0 N–H and O–H groups in total. The summed E-state index contributed by atoms with van der Waals surface area (Å²) < 4.78 is 26.6. The van der Waals surface area contributed by atoms with Crippen LogP contribution in [0.4, 0.5) is 0 Å². The molecule has 21 heavy (non-hydrogen) atoms. The first-order chi connectivity index (χ1) is 10.1. The van der Waals surface area contributed by atoms with Gasteiger partial charge in [0.05, 0.1) is 5.75 Å². The summed E-state index contributed by atoms with van der Waals surface area (Å²) >= 11 is 0. The van der Waals surface area contributed by atoms with E-state index in [9.17, 15) is 8.42 Å². The number of sulfonamides is 1. The largest absolute Gasteiger partial charge is 0.214 e. The van der Waals surface area contributed by atoms with Crippen LogP contribution >= 0.6 is 0 Å². The van der Waals surface area contributed by atoms with Gasteiger partial charge < -0.3 is 0 Å². The molecule has 0 radical (unpaired) electrons. The molecule has 1 saturated heterocycles. The first-order valence-electron chi connectivity index (χ1n) is 7.87. The van der Waals surface area contributed by atoms with Crippen molar-refractivity contribution >= 4 is 10.0 Å². The minimum absolute atomic E-state index is 0.225. The molecule has 0 unspecified atom stereocenters. The number of hydrogen-bond donors (Lipinski definition) is 0. The normalized spacial score (nSPS) is 20.4. The maximum atomic E-state index is 12.4. The highest BCUT2D eigenvalue weighted by Crippen LogP contribution is 2.33. The van der Waals surface area contributed by atoms with Crippen molar-refractivity contribution in [2.75, 3.05) is 18.8 Å². The van der Waals surface area contributed by atoms with Gasteiger partial charge >= 0.3 is 0 Å². The smallest absolute Gasteiger partial charge is 0.212 e. The lowest BCUT2D eigenvalue weighted by Crippen LogP contribution is -2.38. The van der Waals surface area contributed by atoms with E-state index in [2.05, 4.69) is 0 Å². The van der Waals surface area contributed by atoms with E-state index in [1.54, 1.807) is 9.88 Å². The summed E-state index contributed by atoms with van der Waals surface area (Å²) in [4.78, 5) is 0. The Morgan fingerprint density at radius 1 is 0.905 bits per heavy atom. The van der Waals surface area contributed by atoms with E-state index in [-0.39, 0.29) is 5.75 Å². The van der Waals surface area contributed by atoms with Gasteiger partial charge in [0.15, 0.2) is 0 Å². The summed E-state index contributed by atoms with van der Waals surface area (Å²) in [5, 5.41) is 0. The highest BCUT2D eigenvalue weighted by Gasteiger charge is 2.27. The van der Waals surface area contributed by atoms with Crippen molar-refractivity contribution in [1.82, 2.24) is 4.31 Å². The fourth-order valence-corrected chi connectivity index (χ4v) is 4.61. The SMILES string of the molecule is O=S(=O)(CCc1ccccc1)N1CCC(=C2CCC2)CC1. The highest BCUT2D eigenvalue weighted by atomic mass is 32.2. The standard InChI is InChI=1S/C17H23NO2S/c19-21(20,14-11-15-5-2-1-3-6-15)18-12-9-17(10-13-18)16-7-4-8-16/h1-3,5-6H,4,7-14H2. The molecule has 114 valence electrons. The predicted molar refractivity (Wildman–Crippen MR) is 85.6 cm³/mol. The van der Waals surface area contributed by atoms with E-state index in [4.69, 9.17) is 0 Å². The third-order valence-electron chi connectivity index (χ3n) is 4.67. The number of benzene rings is 1. The Labute approximate surface area is 127 Å². The van der Waals surface area contributed by atoms with Gasteiger partial charge in [0.2, 0.25) is 10.0 Å². The first kappa shape index (κ1) is 14.8. The molecule has 1 aromatic rings. The number of aryl methyl sites for hydroxylation is 1. The Bertz CT molecular complexity index is 603. The van der Waals surface area contributed by atoms with Gasteiger partial charge in [0.25, 0.3) is 0 Å². The molecule has 1 aromatic carbocycles. The van der Waals surface area contributed by atoms with Gasteiger partial charge in [0.1, 0.15) is 0 Å². The second kappa shape index (κ2) is 6.32. The van der Waals surface area contributed by atoms with Crippen LogP contribution in [-0.4, -0.2) is 31.6 Å². The minimum atomic E-state index is -3.11. The molecule has 0 aromatic heterocycles. The number of allylic oxidation sites excluding steroid dienone is 1. The molecule has 2 fully saturated rings. The molecule has 3 nitrogen and oxygen atoms in total. The zero-order chi connectivity index (χ0) is 14.7. The van der Waals surface area contributed by atoms with Crippen molar-refractivity contribution in [1.29, 1.82) is 0 Å². The van der Waals surface area contributed by atoms with Crippen LogP contribution in [-0.2, 0) is 16.4 Å². The van der Waals surface area contributed by atoms with E-state index in [1.807, 2.05) is 30.3 Å². The molecule has 1 heterocycles. The summed E-state index contributed by atoms with van der Waals surface area (Å²) in [5.74, 6) is 0.225. The van der Waals surface area contributed by atoms with Crippen LogP contribution in [0.25, 0.3) is 0 Å². The van der Waals surface area contributed by atoms with E-state index in [0.29, 0.717) is 19.5 Å². The van der Waals surface area contributed by atoms with Crippen molar-refractivity contribution in [2.24, 2.45) is 0 Å². The van der Waals surface area contributed by atoms with Gasteiger partial charge in [-0.2, -0.15) is 0 Å². The molecule has 1 aliphatic carbocycles. The molecule has 3 rings (SSSR count). The van der Waals surface area contributed by atoms with Crippen LogP contribution in [0, 0.1) is 0 Å². The highest BCUT2D eigenvalue weighted by molar-refractivity contribution is 7.89. The van der Waals surface area contributed by atoms with E-state index >= 15 is 0 Å².